The van der Waals surface area contributed by atoms with Crippen LogP contribution in [0.15, 0.2) is 42.5 Å². The highest BCUT2D eigenvalue weighted by atomic mass is 19.1. The molecule has 0 saturated heterocycles. The van der Waals surface area contributed by atoms with Crippen LogP contribution in [0.4, 0.5) is 4.39 Å². The third kappa shape index (κ3) is 3.80. The largest absolute Gasteiger partial charge is 0.486 e. The van der Waals surface area contributed by atoms with Gasteiger partial charge in [-0.15, -0.1) is 0 Å². The summed E-state index contributed by atoms with van der Waals surface area (Å²) in [5.41, 5.74) is 0.768. The van der Waals surface area contributed by atoms with Crippen molar-refractivity contribution in [2.75, 3.05) is 13.2 Å². The molecule has 1 aliphatic rings. The molecule has 1 aliphatic heterocycles. The van der Waals surface area contributed by atoms with Crippen LogP contribution in [0, 0.1) is 5.82 Å². The van der Waals surface area contributed by atoms with Crippen molar-refractivity contribution in [1.29, 1.82) is 0 Å². The molecule has 1 unspecified atom stereocenters. The molecular weight excluding hydrogens is 299 g/mol. The van der Waals surface area contributed by atoms with Crippen molar-refractivity contribution in [3.8, 4) is 17.2 Å². The Labute approximate surface area is 133 Å². The first-order chi connectivity index (χ1) is 11.1. The van der Waals surface area contributed by atoms with Gasteiger partial charge in [0.15, 0.2) is 11.5 Å². The van der Waals surface area contributed by atoms with Crippen molar-refractivity contribution >= 4 is 5.97 Å². The van der Waals surface area contributed by atoms with Crippen LogP contribution < -0.4 is 14.2 Å². The second-order valence-electron chi connectivity index (χ2n) is 5.44. The van der Waals surface area contributed by atoms with Crippen LogP contribution in [0.1, 0.15) is 24.8 Å². The standard InChI is InChI=1S/C18H17FO4/c1-12(13-3-2-4-14(19)10-13)9-18(20)23-15-5-6-16-17(11-15)22-8-7-21-16/h2-6,10-12H,7-9H2,1H3. The zero-order valence-electron chi connectivity index (χ0n) is 12.8. The number of carbonyl (C=O) groups is 1. The second kappa shape index (κ2) is 6.69. The number of rotatable bonds is 4. The van der Waals surface area contributed by atoms with Crippen LogP contribution in [-0.2, 0) is 4.79 Å². The highest BCUT2D eigenvalue weighted by Gasteiger charge is 2.16. The molecule has 2 aromatic carbocycles. The summed E-state index contributed by atoms with van der Waals surface area (Å²) >= 11 is 0. The van der Waals surface area contributed by atoms with Gasteiger partial charge in [0.1, 0.15) is 24.8 Å². The molecule has 23 heavy (non-hydrogen) atoms. The minimum Gasteiger partial charge on any atom is -0.486 e. The van der Waals surface area contributed by atoms with Gasteiger partial charge in [0.05, 0.1) is 6.42 Å². The van der Waals surface area contributed by atoms with E-state index in [4.69, 9.17) is 14.2 Å². The zero-order valence-corrected chi connectivity index (χ0v) is 12.8. The first-order valence-corrected chi connectivity index (χ1v) is 7.47. The molecule has 0 bridgehead atoms. The van der Waals surface area contributed by atoms with Gasteiger partial charge in [-0.05, 0) is 35.7 Å². The summed E-state index contributed by atoms with van der Waals surface area (Å²) in [6.45, 7) is 2.85. The molecule has 5 heteroatoms. The SMILES string of the molecule is CC(CC(=O)Oc1ccc2c(c1)OCCO2)c1cccc(F)c1. The number of benzene rings is 2. The Morgan fingerprint density at radius 1 is 1.17 bits per heavy atom. The van der Waals surface area contributed by atoms with Gasteiger partial charge in [0.25, 0.3) is 0 Å². The Morgan fingerprint density at radius 3 is 2.74 bits per heavy atom. The van der Waals surface area contributed by atoms with Crippen molar-refractivity contribution < 1.29 is 23.4 Å². The Bertz CT molecular complexity index is 714. The first-order valence-electron chi connectivity index (χ1n) is 7.47. The minimum atomic E-state index is -0.376. The summed E-state index contributed by atoms with van der Waals surface area (Å²) in [6, 6.07) is 11.3. The first kappa shape index (κ1) is 15.3. The molecule has 0 N–H and O–H groups in total. The predicted octanol–water partition coefficient (Wildman–Crippen LogP) is 3.70. The van der Waals surface area contributed by atoms with Crippen LogP contribution in [-0.4, -0.2) is 19.2 Å². The van der Waals surface area contributed by atoms with E-state index in [0.29, 0.717) is 30.5 Å². The normalized spacial score (nSPS) is 14.2. The van der Waals surface area contributed by atoms with E-state index in [1.165, 1.54) is 12.1 Å². The summed E-state index contributed by atoms with van der Waals surface area (Å²) in [4.78, 5) is 12.1. The Morgan fingerprint density at radius 2 is 1.96 bits per heavy atom. The topological polar surface area (TPSA) is 44.8 Å². The van der Waals surface area contributed by atoms with Gasteiger partial charge in [-0.2, -0.15) is 0 Å². The highest BCUT2D eigenvalue weighted by molar-refractivity contribution is 5.73. The lowest BCUT2D eigenvalue weighted by molar-refractivity contribution is -0.134. The molecule has 0 fully saturated rings. The van der Waals surface area contributed by atoms with Crippen molar-refractivity contribution in [2.24, 2.45) is 0 Å². The number of ether oxygens (including phenoxy) is 3. The lowest BCUT2D eigenvalue weighted by atomic mass is 9.98. The number of hydrogen-bond acceptors (Lipinski definition) is 4. The molecule has 2 aromatic rings. The number of halogens is 1. The third-order valence-electron chi connectivity index (χ3n) is 3.64. The maximum atomic E-state index is 13.2. The average molecular weight is 316 g/mol. The van der Waals surface area contributed by atoms with Gasteiger partial charge < -0.3 is 14.2 Å². The Kier molecular flexibility index (Phi) is 4.46. The summed E-state index contributed by atoms with van der Waals surface area (Å²) < 4.78 is 29.4. The van der Waals surface area contributed by atoms with E-state index in [-0.39, 0.29) is 24.1 Å². The van der Waals surface area contributed by atoms with Crippen LogP contribution in [0.5, 0.6) is 17.2 Å². The van der Waals surface area contributed by atoms with Crippen LogP contribution >= 0.6 is 0 Å². The van der Waals surface area contributed by atoms with Crippen molar-refractivity contribution in [1.82, 2.24) is 0 Å². The molecular formula is C18H17FO4. The molecule has 0 saturated carbocycles. The van der Waals surface area contributed by atoms with Gasteiger partial charge >= 0.3 is 5.97 Å². The predicted molar refractivity (Wildman–Crippen MR) is 82.5 cm³/mol. The monoisotopic (exact) mass is 316 g/mol. The summed E-state index contributed by atoms with van der Waals surface area (Å²) in [7, 11) is 0. The van der Waals surface area contributed by atoms with Crippen molar-refractivity contribution in [2.45, 2.75) is 19.3 Å². The van der Waals surface area contributed by atoms with E-state index in [1.807, 2.05) is 6.92 Å². The molecule has 3 rings (SSSR count). The van der Waals surface area contributed by atoms with E-state index in [2.05, 4.69) is 0 Å². The van der Waals surface area contributed by atoms with Crippen LogP contribution in [0.25, 0.3) is 0 Å². The van der Waals surface area contributed by atoms with Crippen molar-refractivity contribution in [3.63, 3.8) is 0 Å². The summed E-state index contributed by atoms with van der Waals surface area (Å²) in [5.74, 6) is 0.804. The number of carbonyl (C=O) groups excluding carboxylic acids is 1. The maximum Gasteiger partial charge on any atom is 0.311 e. The smallest absolute Gasteiger partial charge is 0.311 e. The number of fused-ring (bicyclic) bond motifs is 1. The van der Waals surface area contributed by atoms with Gasteiger partial charge in [-0.1, -0.05) is 19.1 Å². The fourth-order valence-electron chi connectivity index (χ4n) is 2.44. The molecule has 0 aromatic heterocycles. The molecule has 0 amide bonds. The highest BCUT2D eigenvalue weighted by Crippen LogP contribution is 2.33. The van der Waals surface area contributed by atoms with Gasteiger partial charge in [-0.3, -0.25) is 4.79 Å². The van der Waals surface area contributed by atoms with Crippen molar-refractivity contribution in [3.05, 3.63) is 53.8 Å². The van der Waals surface area contributed by atoms with E-state index in [1.54, 1.807) is 30.3 Å². The van der Waals surface area contributed by atoms with Gasteiger partial charge in [-0.25, -0.2) is 4.39 Å². The summed E-state index contributed by atoms with van der Waals surface area (Å²) in [6.07, 6.45) is 0.165. The fraction of sp³-hybridized carbons (Fsp3) is 0.278. The second-order valence-corrected chi connectivity index (χ2v) is 5.44. The van der Waals surface area contributed by atoms with E-state index < -0.39 is 0 Å². The third-order valence-corrected chi connectivity index (χ3v) is 3.64. The Balaban J connectivity index is 1.63. The lowest BCUT2D eigenvalue weighted by Gasteiger charge is -2.18. The van der Waals surface area contributed by atoms with Gasteiger partial charge in [0, 0.05) is 6.07 Å². The molecule has 1 heterocycles. The molecule has 120 valence electrons. The molecule has 0 radical (unpaired) electrons. The zero-order chi connectivity index (χ0) is 16.2. The maximum absolute atomic E-state index is 13.2. The molecule has 0 aliphatic carbocycles. The molecule has 1 atom stereocenters. The fourth-order valence-corrected chi connectivity index (χ4v) is 2.44. The lowest BCUT2D eigenvalue weighted by Crippen LogP contribution is -2.16. The summed E-state index contributed by atoms with van der Waals surface area (Å²) in [5, 5.41) is 0. The minimum absolute atomic E-state index is 0.129. The van der Waals surface area contributed by atoms with E-state index in [0.717, 1.165) is 5.56 Å². The van der Waals surface area contributed by atoms with Gasteiger partial charge in [0.2, 0.25) is 0 Å². The number of hydrogen-bond donors (Lipinski definition) is 0. The molecule has 0 spiro atoms. The van der Waals surface area contributed by atoms with Crippen LogP contribution in [0.3, 0.4) is 0 Å². The van der Waals surface area contributed by atoms with E-state index in [9.17, 15) is 9.18 Å². The quantitative estimate of drug-likeness (QED) is 0.637. The molecule has 4 nitrogen and oxygen atoms in total. The van der Waals surface area contributed by atoms with Crippen LogP contribution in [0.2, 0.25) is 0 Å². The number of esters is 1. The average Bonchev–Trinajstić information content (AvgIpc) is 2.54. The Hall–Kier alpha value is -2.56. The van der Waals surface area contributed by atoms with E-state index >= 15 is 0 Å².